The van der Waals surface area contributed by atoms with E-state index < -0.39 is 0 Å². The van der Waals surface area contributed by atoms with Gasteiger partial charge in [0.2, 0.25) is 5.90 Å². The first kappa shape index (κ1) is 18.6. The van der Waals surface area contributed by atoms with Crippen LogP contribution < -0.4 is 0 Å². The molecule has 2 heterocycles. The first-order chi connectivity index (χ1) is 14.7. The number of oxime groups is 1. The van der Waals surface area contributed by atoms with Crippen LogP contribution in [0.3, 0.4) is 0 Å². The minimum Gasteiger partial charge on any atom is -0.475 e. The molecular formula is C26H24N2O2. The average Bonchev–Trinajstić information content (AvgIpc) is 3.45. The quantitative estimate of drug-likeness (QED) is 0.569. The van der Waals surface area contributed by atoms with Crippen LogP contribution in [-0.4, -0.2) is 18.2 Å². The Morgan fingerprint density at radius 2 is 1.53 bits per heavy atom. The fourth-order valence-electron chi connectivity index (χ4n) is 4.13. The average molecular weight is 396 g/mol. The molecular weight excluding hydrogens is 372 g/mol. The van der Waals surface area contributed by atoms with Crippen molar-refractivity contribution in [1.29, 1.82) is 0 Å². The first-order valence-electron chi connectivity index (χ1n) is 10.3. The van der Waals surface area contributed by atoms with Crippen molar-refractivity contribution in [2.24, 2.45) is 10.1 Å². The number of nitrogens with zero attached hydrogens (tertiary/aromatic N) is 2. The molecule has 0 bridgehead atoms. The van der Waals surface area contributed by atoms with Crippen LogP contribution in [0.2, 0.25) is 0 Å². The highest BCUT2D eigenvalue weighted by Gasteiger charge is 2.26. The largest absolute Gasteiger partial charge is 0.475 e. The van der Waals surface area contributed by atoms with Gasteiger partial charge in [0.25, 0.3) is 0 Å². The highest BCUT2D eigenvalue weighted by molar-refractivity contribution is 6.01. The number of aliphatic imine (C=N–C) groups is 1. The number of aryl methyl sites for hydroxylation is 2. The van der Waals surface area contributed by atoms with Gasteiger partial charge in [0.15, 0.2) is 6.10 Å². The van der Waals surface area contributed by atoms with Crippen LogP contribution in [0.15, 0.2) is 82.9 Å². The topological polar surface area (TPSA) is 43.2 Å². The van der Waals surface area contributed by atoms with E-state index >= 15 is 0 Å². The molecule has 0 spiro atoms. The Balaban J connectivity index is 1.31. The lowest BCUT2D eigenvalue weighted by atomic mass is 9.98. The Bertz CT molecular complexity index is 1100. The molecule has 3 aromatic rings. The van der Waals surface area contributed by atoms with Crippen molar-refractivity contribution in [2.45, 2.75) is 32.4 Å². The molecule has 0 N–H and O–H groups in total. The lowest BCUT2D eigenvalue weighted by Crippen LogP contribution is -2.06. The molecule has 0 saturated carbocycles. The first-order valence-corrected chi connectivity index (χ1v) is 10.3. The van der Waals surface area contributed by atoms with Crippen molar-refractivity contribution in [2.75, 3.05) is 6.61 Å². The van der Waals surface area contributed by atoms with E-state index in [0.29, 0.717) is 6.61 Å². The summed E-state index contributed by atoms with van der Waals surface area (Å²) in [5, 5.41) is 4.33. The summed E-state index contributed by atoms with van der Waals surface area (Å²) in [5.74, 6) is 0.749. The monoisotopic (exact) mass is 396 g/mol. The number of rotatable bonds is 4. The Kier molecular flexibility index (Phi) is 4.83. The van der Waals surface area contributed by atoms with Crippen LogP contribution >= 0.6 is 0 Å². The highest BCUT2D eigenvalue weighted by atomic mass is 16.6. The SMILES string of the molecule is Cc1cccc(C)c1C1=NC(c2ccc(C3=NOC(c4ccccc4)C3)cc2)CO1. The van der Waals surface area contributed by atoms with Crippen molar-refractivity contribution < 1.29 is 9.57 Å². The fourth-order valence-corrected chi connectivity index (χ4v) is 4.13. The predicted molar refractivity (Wildman–Crippen MR) is 119 cm³/mol. The zero-order valence-corrected chi connectivity index (χ0v) is 17.2. The molecule has 30 heavy (non-hydrogen) atoms. The number of ether oxygens (including phenoxy) is 1. The Hall–Kier alpha value is -3.40. The van der Waals surface area contributed by atoms with Gasteiger partial charge < -0.3 is 9.57 Å². The summed E-state index contributed by atoms with van der Waals surface area (Å²) in [6.45, 7) is 4.77. The second-order valence-corrected chi connectivity index (χ2v) is 7.90. The van der Waals surface area contributed by atoms with E-state index in [2.05, 4.69) is 73.6 Å². The van der Waals surface area contributed by atoms with E-state index in [4.69, 9.17) is 14.6 Å². The summed E-state index contributed by atoms with van der Waals surface area (Å²) >= 11 is 0. The van der Waals surface area contributed by atoms with Gasteiger partial charge in [0.1, 0.15) is 12.6 Å². The second kappa shape index (κ2) is 7.79. The molecule has 4 heteroatoms. The fraction of sp³-hybridized carbons (Fsp3) is 0.231. The minimum atomic E-state index is -0.00591. The molecule has 0 saturated heterocycles. The molecule has 2 aliphatic rings. The van der Waals surface area contributed by atoms with Crippen molar-refractivity contribution in [3.63, 3.8) is 0 Å². The summed E-state index contributed by atoms with van der Waals surface area (Å²) in [6.07, 6.45) is 0.777. The van der Waals surface area contributed by atoms with Gasteiger partial charge in [0, 0.05) is 12.0 Å². The zero-order valence-electron chi connectivity index (χ0n) is 17.2. The van der Waals surface area contributed by atoms with Crippen molar-refractivity contribution in [1.82, 2.24) is 0 Å². The Morgan fingerprint density at radius 1 is 0.800 bits per heavy atom. The molecule has 150 valence electrons. The molecule has 3 aromatic carbocycles. The molecule has 2 unspecified atom stereocenters. The maximum absolute atomic E-state index is 5.97. The lowest BCUT2D eigenvalue weighted by molar-refractivity contribution is 0.0857. The highest BCUT2D eigenvalue weighted by Crippen LogP contribution is 2.31. The summed E-state index contributed by atoms with van der Waals surface area (Å²) in [7, 11) is 0. The van der Waals surface area contributed by atoms with Crippen molar-refractivity contribution >= 4 is 11.6 Å². The Morgan fingerprint density at radius 3 is 2.27 bits per heavy atom. The third-order valence-electron chi connectivity index (χ3n) is 5.81. The smallest absolute Gasteiger partial charge is 0.217 e. The normalized spacial score (nSPS) is 20.3. The van der Waals surface area contributed by atoms with Crippen LogP contribution in [0, 0.1) is 13.8 Å². The standard InChI is InChI=1S/C26H24N2O2/c1-17-7-6-8-18(2)25(17)26-27-23(16-29-26)20-13-11-19(12-14-20)22-15-24(30-28-22)21-9-4-3-5-10-21/h3-14,23-24H,15-16H2,1-2H3. The van der Waals surface area contributed by atoms with Crippen molar-refractivity contribution in [3.05, 3.63) is 106 Å². The number of benzene rings is 3. The van der Waals surface area contributed by atoms with E-state index in [-0.39, 0.29) is 12.1 Å². The van der Waals surface area contributed by atoms with Gasteiger partial charge >= 0.3 is 0 Å². The van der Waals surface area contributed by atoms with Gasteiger partial charge in [-0.05, 0) is 41.7 Å². The molecule has 0 amide bonds. The summed E-state index contributed by atoms with van der Waals surface area (Å²) in [5.41, 5.74) is 7.88. The molecule has 0 aromatic heterocycles. The minimum absolute atomic E-state index is 0.00591. The predicted octanol–water partition coefficient (Wildman–Crippen LogP) is 5.69. The van der Waals surface area contributed by atoms with Gasteiger partial charge in [-0.15, -0.1) is 0 Å². The third kappa shape index (κ3) is 3.50. The van der Waals surface area contributed by atoms with E-state index in [9.17, 15) is 0 Å². The van der Waals surface area contributed by atoms with Gasteiger partial charge in [-0.25, -0.2) is 4.99 Å². The van der Waals surface area contributed by atoms with Crippen LogP contribution in [0.1, 0.15) is 51.9 Å². The maximum Gasteiger partial charge on any atom is 0.217 e. The van der Waals surface area contributed by atoms with Gasteiger partial charge in [-0.3, -0.25) is 0 Å². The van der Waals surface area contributed by atoms with E-state index in [1.54, 1.807) is 0 Å². The molecule has 2 aliphatic heterocycles. The molecule has 0 aliphatic carbocycles. The molecule has 0 radical (unpaired) electrons. The van der Waals surface area contributed by atoms with Crippen LogP contribution in [-0.2, 0) is 9.57 Å². The van der Waals surface area contributed by atoms with Crippen LogP contribution in [0.4, 0.5) is 0 Å². The van der Waals surface area contributed by atoms with Crippen molar-refractivity contribution in [3.8, 4) is 0 Å². The molecule has 4 nitrogen and oxygen atoms in total. The van der Waals surface area contributed by atoms with Gasteiger partial charge in [0.05, 0.1) is 5.71 Å². The molecule has 2 atom stereocenters. The van der Waals surface area contributed by atoms with Gasteiger partial charge in [-0.2, -0.15) is 0 Å². The lowest BCUT2D eigenvalue weighted by Gasteiger charge is -2.08. The molecule has 0 fully saturated rings. The molecule has 5 rings (SSSR count). The summed E-state index contributed by atoms with van der Waals surface area (Å²) < 4.78 is 5.97. The number of hydrogen-bond donors (Lipinski definition) is 0. The summed E-state index contributed by atoms with van der Waals surface area (Å²) in [4.78, 5) is 10.5. The van der Waals surface area contributed by atoms with Crippen LogP contribution in [0.25, 0.3) is 0 Å². The third-order valence-corrected chi connectivity index (χ3v) is 5.81. The van der Waals surface area contributed by atoms with Gasteiger partial charge in [-0.1, -0.05) is 78.0 Å². The summed E-state index contributed by atoms with van der Waals surface area (Å²) in [6, 6.07) is 25.0. The zero-order chi connectivity index (χ0) is 20.5. The maximum atomic E-state index is 5.97. The van der Waals surface area contributed by atoms with E-state index in [1.807, 2.05) is 18.2 Å². The van der Waals surface area contributed by atoms with E-state index in [1.165, 1.54) is 11.1 Å². The van der Waals surface area contributed by atoms with E-state index in [0.717, 1.165) is 40.3 Å². The number of hydrogen-bond acceptors (Lipinski definition) is 4. The van der Waals surface area contributed by atoms with Crippen LogP contribution in [0.5, 0.6) is 0 Å². The second-order valence-electron chi connectivity index (χ2n) is 7.90. The Labute approximate surface area is 176 Å².